The summed E-state index contributed by atoms with van der Waals surface area (Å²) in [5.74, 6) is -0.706. The molecule has 25 heavy (non-hydrogen) atoms. The molecule has 4 rings (SSSR count). The highest BCUT2D eigenvalue weighted by Gasteiger charge is 2.52. The van der Waals surface area contributed by atoms with Crippen molar-refractivity contribution in [3.8, 4) is 0 Å². The minimum absolute atomic E-state index is 0.353. The lowest BCUT2D eigenvalue weighted by molar-refractivity contribution is -0.142. The molecule has 1 unspecified atom stereocenters. The number of carbonyl (C=O) groups is 2. The summed E-state index contributed by atoms with van der Waals surface area (Å²) in [4.78, 5) is 26.4. The van der Waals surface area contributed by atoms with E-state index in [2.05, 4.69) is 5.32 Å². The summed E-state index contributed by atoms with van der Waals surface area (Å²) in [5, 5.41) is 4.24. The van der Waals surface area contributed by atoms with Crippen LogP contribution in [0.3, 0.4) is 0 Å². The highest BCUT2D eigenvalue weighted by Crippen LogP contribution is 2.49. The molecule has 1 N–H and O–H groups in total. The number of hydrogen-bond acceptors (Lipinski definition) is 3. The molecule has 4 nitrogen and oxygen atoms in total. The molecule has 0 bridgehead atoms. The van der Waals surface area contributed by atoms with E-state index in [9.17, 15) is 9.59 Å². The SMILES string of the molecule is Cc1cccc2c1C(c1ccc(Cl)cc1Cl)(N1C(=O)C=CC1=O)CN2. The second-order valence-corrected chi connectivity index (χ2v) is 7.02. The molecular formula is C19H14Cl2N2O2. The largest absolute Gasteiger partial charge is 0.382 e. The number of nitrogens with zero attached hydrogens (tertiary/aromatic N) is 1. The van der Waals surface area contributed by atoms with Crippen LogP contribution in [0.15, 0.2) is 48.6 Å². The molecule has 0 saturated heterocycles. The molecule has 0 radical (unpaired) electrons. The Balaban J connectivity index is 2.06. The van der Waals surface area contributed by atoms with Crippen molar-refractivity contribution in [2.45, 2.75) is 12.5 Å². The predicted octanol–water partition coefficient (Wildman–Crippen LogP) is 3.90. The number of carbonyl (C=O) groups excluding carboxylic acids is 2. The average Bonchev–Trinajstić information content (AvgIpc) is 3.10. The summed E-state index contributed by atoms with van der Waals surface area (Å²) in [6.07, 6.45) is 2.59. The fourth-order valence-corrected chi connectivity index (χ4v) is 4.38. The van der Waals surface area contributed by atoms with Crippen molar-refractivity contribution in [2.75, 3.05) is 11.9 Å². The molecule has 6 heteroatoms. The van der Waals surface area contributed by atoms with Crippen LogP contribution in [0.4, 0.5) is 5.69 Å². The van der Waals surface area contributed by atoms with Crippen molar-refractivity contribution >= 4 is 40.7 Å². The molecule has 2 aromatic carbocycles. The molecule has 2 aromatic rings. The number of aryl methyl sites for hydroxylation is 1. The molecular weight excluding hydrogens is 359 g/mol. The molecule has 2 heterocycles. The molecule has 2 amide bonds. The Labute approximate surface area is 155 Å². The Morgan fingerprint density at radius 1 is 1.08 bits per heavy atom. The minimum Gasteiger partial charge on any atom is -0.382 e. The van der Waals surface area contributed by atoms with Crippen LogP contribution in [0.2, 0.25) is 10.0 Å². The van der Waals surface area contributed by atoms with E-state index in [4.69, 9.17) is 23.2 Å². The predicted molar refractivity (Wildman–Crippen MR) is 97.9 cm³/mol. The first-order valence-corrected chi connectivity index (χ1v) is 8.56. The van der Waals surface area contributed by atoms with Crippen LogP contribution in [0.1, 0.15) is 16.7 Å². The van der Waals surface area contributed by atoms with Crippen LogP contribution in [0.5, 0.6) is 0 Å². The standard InChI is InChI=1S/C19H14Cl2N2O2/c1-11-3-2-4-15-18(11)19(10-22-15,23-16(24)7-8-17(23)25)13-6-5-12(20)9-14(13)21/h2-9,22H,10H2,1H3. The number of benzene rings is 2. The fraction of sp³-hybridized carbons (Fsp3) is 0.158. The van der Waals surface area contributed by atoms with Crippen molar-refractivity contribution in [1.82, 2.24) is 4.90 Å². The van der Waals surface area contributed by atoms with Gasteiger partial charge in [-0.05, 0) is 30.7 Å². The van der Waals surface area contributed by atoms with E-state index in [1.54, 1.807) is 18.2 Å². The summed E-state index contributed by atoms with van der Waals surface area (Å²) in [5.41, 5.74) is 2.40. The van der Waals surface area contributed by atoms with Gasteiger partial charge in [0, 0.05) is 45.6 Å². The lowest BCUT2D eigenvalue weighted by Gasteiger charge is -2.39. The van der Waals surface area contributed by atoms with Crippen molar-refractivity contribution in [3.05, 3.63) is 75.3 Å². The Hall–Kier alpha value is -2.30. The van der Waals surface area contributed by atoms with Crippen LogP contribution in [0, 0.1) is 6.92 Å². The van der Waals surface area contributed by atoms with Gasteiger partial charge in [-0.2, -0.15) is 0 Å². The Kier molecular flexibility index (Phi) is 3.63. The van der Waals surface area contributed by atoms with Crippen LogP contribution in [-0.4, -0.2) is 23.3 Å². The molecule has 0 spiro atoms. The highest BCUT2D eigenvalue weighted by atomic mass is 35.5. The van der Waals surface area contributed by atoms with Crippen LogP contribution in [-0.2, 0) is 15.1 Å². The number of halogens is 2. The lowest BCUT2D eigenvalue weighted by Crippen LogP contribution is -2.52. The average molecular weight is 373 g/mol. The van der Waals surface area contributed by atoms with Crippen molar-refractivity contribution in [2.24, 2.45) is 0 Å². The second kappa shape index (κ2) is 5.61. The van der Waals surface area contributed by atoms with Gasteiger partial charge in [-0.15, -0.1) is 0 Å². The van der Waals surface area contributed by atoms with Crippen LogP contribution >= 0.6 is 23.2 Å². The van der Waals surface area contributed by atoms with E-state index in [1.807, 2.05) is 25.1 Å². The summed E-state index contributed by atoms with van der Waals surface area (Å²) >= 11 is 12.6. The van der Waals surface area contributed by atoms with Gasteiger partial charge in [-0.3, -0.25) is 14.5 Å². The number of imide groups is 1. The lowest BCUT2D eigenvalue weighted by atomic mass is 9.80. The van der Waals surface area contributed by atoms with Gasteiger partial charge in [0.1, 0.15) is 5.54 Å². The first-order valence-electron chi connectivity index (χ1n) is 7.81. The number of fused-ring (bicyclic) bond motifs is 1. The van der Waals surface area contributed by atoms with E-state index < -0.39 is 5.54 Å². The Morgan fingerprint density at radius 3 is 2.48 bits per heavy atom. The summed E-state index contributed by atoms with van der Waals surface area (Å²) in [6, 6.07) is 11.0. The van der Waals surface area contributed by atoms with Gasteiger partial charge in [-0.1, -0.05) is 41.4 Å². The normalized spacial score (nSPS) is 21.6. The third-order valence-corrected chi connectivity index (χ3v) is 5.34. The second-order valence-electron chi connectivity index (χ2n) is 6.18. The van der Waals surface area contributed by atoms with E-state index >= 15 is 0 Å². The quantitative estimate of drug-likeness (QED) is 0.813. The zero-order valence-electron chi connectivity index (χ0n) is 13.3. The fourth-order valence-electron chi connectivity index (χ4n) is 3.82. The zero-order chi connectivity index (χ0) is 17.8. The van der Waals surface area contributed by atoms with Crippen molar-refractivity contribution < 1.29 is 9.59 Å². The van der Waals surface area contributed by atoms with E-state index in [0.29, 0.717) is 22.2 Å². The van der Waals surface area contributed by atoms with Gasteiger partial charge in [0.15, 0.2) is 0 Å². The maximum Gasteiger partial charge on any atom is 0.254 e. The Morgan fingerprint density at radius 2 is 1.80 bits per heavy atom. The monoisotopic (exact) mass is 372 g/mol. The minimum atomic E-state index is -1.01. The molecule has 0 aliphatic carbocycles. The number of anilines is 1. The number of amides is 2. The first-order chi connectivity index (χ1) is 11.9. The number of rotatable bonds is 2. The van der Waals surface area contributed by atoms with Gasteiger partial charge in [0.2, 0.25) is 0 Å². The molecule has 2 aliphatic heterocycles. The third-order valence-electron chi connectivity index (χ3n) is 4.79. The van der Waals surface area contributed by atoms with Gasteiger partial charge >= 0.3 is 0 Å². The Bertz CT molecular complexity index is 936. The van der Waals surface area contributed by atoms with E-state index in [-0.39, 0.29) is 11.8 Å². The molecule has 126 valence electrons. The third kappa shape index (κ3) is 2.21. The van der Waals surface area contributed by atoms with Crippen LogP contribution < -0.4 is 5.32 Å². The summed E-state index contributed by atoms with van der Waals surface area (Å²) < 4.78 is 0. The van der Waals surface area contributed by atoms with Crippen LogP contribution in [0.25, 0.3) is 0 Å². The topological polar surface area (TPSA) is 49.4 Å². The van der Waals surface area contributed by atoms with Crippen molar-refractivity contribution in [3.63, 3.8) is 0 Å². The molecule has 0 aromatic heterocycles. The summed E-state index contributed by atoms with van der Waals surface area (Å²) in [7, 11) is 0. The number of nitrogens with one attached hydrogen (secondary N) is 1. The summed E-state index contributed by atoms with van der Waals surface area (Å²) in [6.45, 7) is 2.32. The van der Waals surface area contributed by atoms with Gasteiger partial charge < -0.3 is 5.32 Å². The zero-order valence-corrected chi connectivity index (χ0v) is 14.9. The van der Waals surface area contributed by atoms with Gasteiger partial charge in [0.25, 0.3) is 11.8 Å². The smallest absolute Gasteiger partial charge is 0.254 e. The van der Waals surface area contributed by atoms with Crippen molar-refractivity contribution in [1.29, 1.82) is 0 Å². The van der Waals surface area contributed by atoms with Gasteiger partial charge in [-0.25, -0.2) is 0 Å². The molecule has 0 fully saturated rings. The first kappa shape index (κ1) is 16.2. The van der Waals surface area contributed by atoms with Gasteiger partial charge in [0.05, 0.1) is 0 Å². The molecule has 0 saturated carbocycles. The maximum absolute atomic E-state index is 12.6. The highest BCUT2D eigenvalue weighted by molar-refractivity contribution is 6.35. The molecule has 2 aliphatic rings. The van der Waals surface area contributed by atoms with E-state index in [0.717, 1.165) is 16.8 Å². The van der Waals surface area contributed by atoms with E-state index in [1.165, 1.54) is 17.1 Å². The maximum atomic E-state index is 12.6. The number of hydrogen-bond donors (Lipinski definition) is 1. The molecule has 1 atom stereocenters.